The molecule has 4 rings (SSSR count). The molecule has 1 aliphatic heterocycles. The number of rotatable bonds is 5. The molecule has 0 bridgehead atoms. The summed E-state index contributed by atoms with van der Waals surface area (Å²) in [5, 5.41) is 4.48. The van der Waals surface area contributed by atoms with Gasteiger partial charge >= 0.3 is 0 Å². The standard InChI is InChI=1S/C24H23ClN2/c1-17(19-12-14-21(25)15-13-19)24-26-22(16-18-8-4-2-5-9-18)23(27-24)20-10-6-3-7-11-20/h2-15,17,22-23H,16H2,1H3,(H,26,27). The number of hydrogen-bond acceptors (Lipinski definition) is 2. The lowest BCUT2D eigenvalue weighted by Crippen LogP contribution is -2.35. The molecule has 0 saturated heterocycles. The second kappa shape index (κ2) is 7.98. The third-order valence-electron chi connectivity index (χ3n) is 5.21. The quantitative estimate of drug-likeness (QED) is 0.599. The fourth-order valence-corrected chi connectivity index (χ4v) is 3.81. The monoisotopic (exact) mass is 374 g/mol. The largest absolute Gasteiger partial charge is 0.368 e. The van der Waals surface area contributed by atoms with Crippen molar-refractivity contribution in [1.29, 1.82) is 0 Å². The lowest BCUT2D eigenvalue weighted by Gasteiger charge is -2.20. The van der Waals surface area contributed by atoms with E-state index in [1.807, 2.05) is 12.1 Å². The van der Waals surface area contributed by atoms with E-state index in [1.54, 1.807) is 0 Å². The molecule has 0 saturated carbocycles. The molecule has 0 aliphatic carbocycles. The van der Waals surface area contributed by atoms with E-state index < -0.39 is 0 Å². The molecule has 3 aromatic carbocycles. The molecule has 1 aliphatic rings. The number of amidine groups is 1. The molecule has 27 heavy (non-hydrogen) atoms. The van der Waals surface area contributed by atoms with E-state index in [0.29, 0.717) is 0 Å². The van der Waals surface area contributed by atoms with Crippen molar-refractivity contribution >= 4 is 17.4 Å². The number of aliphatic imine (C=N–C) groups is 1. The summed E-state index contributed by atoms with van der Waals surface area (Å²) in [6.45, 7) is 2.20. The molecule has 3 atom stereocenters. The first-order valence-electron chi connectivity index (χ1n) is 9.39. The molecule has 3 heteroatoms. The van der Waals surface area contributed by atoms with Crippen molar-refractivity contribution < 1.29 is 0 Å². The van der Waals surface area contributed by atoms with Crippen LogP contribution in [0.4, 0.5) is 0 Å². The van der Waals surface area contributed by atoms with Crippen LogP contribution in [-0.2, 0) is 6.42 Å². The molecule has 0 spiro atoms. The maximum Gasteiger partial charge on any atom is 0.105 e. The van der Waals surface area contributed by atoms with Crippen molar-refractivity contribution in [2.24, 2.45) is 4.99 Å². The van der Waals surface area contributed by atoms with Crippen LogP contribution in [0.25, 0.3) is 0 Å². The van der Waals surface area contributed by atoms with Crippen LogP contribution in [0.1, 0.15) is 35.6 Å². The van der Waals surface area contributed by atoms with Crippen LogP contribution < -0.4 is 5.32 Å². The summed E-state index contributed by atoms with van der Waals surface area (Å²) in [7, 11) is 0. The van der Waals surface area contributed by atoms with Gasteiger partial charge in [-0.05, 0) is 35.2 Å². The van der Waals surface area contributed by atoms with Crippen LogP contribution >= 0.6 is 11.6 Å². The van der Waals surface area contributed by atoms with E-state index in [0.717, 1.165) is 17.3 Å². The Labute approximate surface area is 165 Å². The topological polar surface area (TPSA) is 24.4 Å². The zero-order valence-corrected chi connectivity index (χ0v) is 16.1. The molecular formula is C24H23ClN2. The van der Waals surface area contributed by atoms with Crippen LogP contribution in [0.5, 0.6) is 0 Å². The van der Waals surface area contributed by atoms with Crippen molar-refractivity contribution in [1.82, 2.24) is 5.32 Å². The predicted octanol–water partition coefficient (Wildman–Crippen LogP) is 5.80. The van der Waals surface area contributed by atoms with Crippen molar-refractivity contribution in [2.45, 2.75) is 31.3 Å². The smallest absolute Gasteiger partial charge is 0.105 e. The predicted molar refractivity (Wildman–Crippen MR) is 114 cm³/mol. The summed E-state index contributed by atoms with van der Waals surface area (Å²) in [4.78, 5) is 5.11. The molecule has 1 N–H and O–H groups in total. The van der Waals surface area contributed by atoms with Gasteiger partial charge < -0.3 is 5.32 Å². The minimum Gasteiger partial charge on any atom is -0.368 e. The second-order valence-corrected chi connectivity index (χ2v) is 7.52. The second-order valence-electron chi connectivity index (χ2n) is 7.08. The van der Waals surface area contributed by atoms with Crippen LogP contribution in [0, 0.1) is 0 Å². The maximum absolute atomic E-state index is 6.05. The van der Waals surface area contributed by atoms with Gasteiger partial charge in [0, 0.05) is 10.9 Å². The van der Waals surface area contributed by atoms with E-state index in [2.05, 4.69) is 85.0 Å². The van der Waals surface area contributed by atoms with Crippen molar-refractivity contribution in [2.75, 3.05) is 0 Å². The highest BCUT2D eigenvalue weighted by Crippen LogP contribution is 2.31. The summed E-state index contributed by atoms with van der Waals surface area (Å²) < 4.78 is 0. The molecule has 0 aromatic heterocycles. The third-order valence-corrected chi connectivity index (χ3v) is 5.46. The molecule has 3 aromatic rings. The van der Waals surface area contributed by atoms with Crippen molar-refractivity contribution in [3.8, 4) is 0 Å². The Bertz CT molecular complexity index is 904. The molecular weight excluding hydrogens is 352 g/mol. The highest BCUT2D eigenvalue weighted by molar-refractivity contribution is 6.30. The first-order chi connectivity index (χ1) is 13.2. The lowest BCUT2D eigenvalue weighted by molar-refractivity contribution is 0.539. The molecule has 0 radical (unpaired) electrons. The minimum absolute atomic E-state index is 0.121. The lowest BCUT2D eigenvalue weighted by atomic mass is 9.95. The summed E-state index contributed by atoms with van der Waals surface area (Å²) in [5.74, 6) is 1.25. The summed E-state index contributed by atoms with van der Waals surface area (Å²) in [6.07, 6.45) is 0.945. The first kappa shape index (κ1) is 17.8. The number of halogens is 1. The SMILES string of the molecule is CC(C1=NC(c2ccccc2)C(Cc2ccccc2)N1)c1ccc(Cl)cc1. The van der Waals surface area contributed by atoms with E-state index >= 15 is 0 Å². The van der Waals surface area contributed by atoms with Gasteiger partial charge in [0.1, 0.15) is 5.84 Å². The van der Waals surface area contributed by atoms with Crippen LogP contribution in [0.3, 0.4) is 0 Å². The highest BCUT2D eigenvalue weighted by atomic mass is 35.5. The number of hydrogen-bond donors (Lipinski definition) is 1. The van der Waals surface area contributed by atoms with E-state index in [4.69, 9.17) is 16.6 Å². The Balaban J connectivity index is 1.62. The van der Waals surface area contributed by atoms with Gasteiger partial charge in [-0.15, -0.1) is 0 Å². The average molecular weight is 375 g/mol. The first-order valence-corrected chi connectivity index (χ1v) is 9.77. The Morgan fingerprint density at radius 2 is 1.52 bits per heavy atom. The fourth-order valence-electron chi connectivity index (χ4n) is 3.68. The Morgan fingerprint density at radius 1 is 0.889 bits per heavy atom. The van der Waals surface area contributed by atoms with Gasteiger partial charge in [0.2, 0.25) is 0 Å². The van der Waals surface area contributed by atoms with Gasteiger partial charge in [-0.1, -0.05) is 91.3 Å². The summed E-state index contributed by atoms with van der Waals surface area (Å²) in [6, 6.07) is 29.6. The average Bonchev–Trinajstić information content (AvgIpc) is 3.13. The molecule has 0 amide bonds. The summed E-state index contributed by atoms with van der Waals surface area (Å²) >= 11 is 6.05. The van der Waals surface area contributed by atoms with E-state index in [1.165, 1.54) is 16.7 Å². The normalized spacial score (nSPS) is 20.0. The van der Waals surface area contributed by atoms with Gasteiger partial charge in [-0.3, -0.25) is 4.99 Å². The third kappa shape index (κ3) is 4.06. The molecule has 2 nitrogen and oxygen atoms in total. The van der Waals surface area contributed by atoms with E-state index in [9.17, 15) is 0 Å². The molecule has 0 fully saturated rings. The Kier molecular flexibility index (Phi) is 5.26. The van der Waals surface area contributed by atoms with Gasteiger partial charge in [0.15, 0.2) is 0 Å². The summed E-state index contributed by atoms with van der Waals surface area (Å²) in [5.41, 5.74) is 3.80. The van der Waals surface area contributed by atoms with Crippen LogP contribution in [0.15, 0.2) is 89.9 Å². The number of nitrogens with zero attached hydrogens (tertiary/aromatic N) is 1. The zero-order valence-electron chi connectivity index (χ0n) is 15.3. The number of nitrogens with one attached hydrogen (secondary N) is 1. The van der Waals surface area contributed by atoms with Crippen molar-refractivity contribution in [3.63, 3.8) is 0 Å². The fraction of sp³-hybridized carbons (Fsp3) is 0.208. The van der Waals surface area contributed by atoms with Crippen molar-refractivity contribution in [3.05, 3.63) is 107 Å². The van der Waals surface area contributed by atoms with Gasteiger partial charge in [-0.25, -0.2) is 0 Å². The number of benzene rings is 3. The zero-order chi connectivity index (χ0) is 18.6. The maximum atomic E-state index is 6.05. The molecule has 136 valence electrons. The van der Waals surface area contributed by atoms with Gasteiger partial charge in [0.25, 0.3) is 0 Å². The van der Waals surface area contributed by atoms with Gasteiger partial charge in [-0.2, -0.15) is 0 Å². The van der Waals surface area contributed by atoms with Crippen LogP contribution in [0.2, 0.25) is 5.02 Å². The highest BCUT2D eigenvalue weighted by Gasteiger charge is 2.32. The Hall–Kier alpha value is -2.58. The van der Waals surface area contributed by atoms with Gasteiger partial charge in [0.05, 0.1) is 12.1 Å². The molecule has 3 unspecified atom stereocenters. The van der Waals surface area contributed by atoms with E-state index in [-0.39, 0.29) is 18.0 Å². The minimum atomic E-state index is 0.121. The molecule has 1 heterocycles. The van der Waals surface area contributed by atoms with Crippen LogP contribution in [-0.4, -0.2) is 11.9 Å². The Morgan fingerprint density at radius 3 is 2.19 bits per heavy atom.